The highest BCUT2D eigenvalue weighted by atomic mass is 32.1. The summed E-state index contributed by atoms with van der Waals surface area (Å²) in [5.74, 6) is -0.719. The predicted octanol–water partition coefficient (Wildman–Crippen LogP) is 2.44. The maximum atomic E-state index is 13.0. The van der Waals surface area contributed by atoms with Gasteiger partial charge in [0.25, 0.3) is 5.91 Å². The Morgan fingerprint density at radius 2 is 2.28 bits per heavy atom. The summed E-state index contributed by atoms with van der Waals surface area (Å²) in [7, 11) is 0. The largest absolute Gasteiger partial charge is 0.375 e. The lowest BCUT2D eigenvalue weighted by atomic mass is 10.2. The first-order valence-corrected chi connectivity index (χ1v) is 5.94. The van der Waals surface area contributed by atoms with Gasteiger partial charge in [0, 0.05) is 17.0 Å². The smallest absolute Gasteiger partial charge is 0.251 e. The molecule has 0 radical (unpaired) electrons. The van der Waals surface area contributed by atoms with Gasteiger partial charge in [0.05, 0.1) is 13.2 Å². The number of ether oxygens (including phenoxy) is 1. The Hall–Kier alpha value is -1.33. The van der Waals surface area contributed by atoms with Crippen LogP contribution in [0.5, 0.6) is 0 Å². The molecule has 0 unspecified atom stereocenters. The van der Waals surface area contributed by atoms with Crippen LogP contribution in [-0.2, 0) is 4.74 Å². The third-order valence-electron chi connectivity index (χ3n) is 2.09. The summed E-state index contributed by atoms with van der Waals surface area (Å²) in [6, 6.07) is 4.02. The lowest BCUT2D eigenvalue weighted by molar-refractivity contribution is 0.0926. The number of carbonyl (C=O) groups is 1. The zero-order valence-corrected chi connectivity index (χ0v) is 11.1. The molecule has 0 aliphatic carbocycles. The van der Waals surface area contributed by atoms with Crippen molar-refractivity contribution in [3.63, 3.8) is 0 Å². The van der Waals surface area contributed by atoms with Crippen molar-refractivity contribution < 1.29 is 13.9 Å². The molecule has 1 aromatic carbocycles. The maximum absolute atomic E-state index is 13.0. The van der Waals surface area contributed by atoms with Gasteiger partial charge in [-0.15, -0.1) is 12.6 Å². The Morgan fingerprint density at radius 3 is 2.89 bits per heavy atom. The van der Waals surface area contributed by atoms with E-state index in [1.165, 1.54) is 18.2 Å². The van der Waals surface area contributed by atoms with Crippen LogP contribution in [0.1, 0.15) is 17.3 Å². The molecule has 0 saturated carbocycles. The van der Waals surface area contributed by atoms with Crippen molar-refractivity contribution in [2.75, 3.05) is 19.8 Å². The zero-order valence-electron chi connectivity index (χ0n) is 10.2. The molecule has 0 fully saturated rings. The fraction of sp³-hybridized carbons (Fsp3) is 0.308. The van der Waals surface area contributed by atoms with E-state index >= 15 is 0 Å². The fourth-order valence-corrected chi connectivity index (χ4v) is 1.45. The standard InChI is InChI=1S/C13H16FNO2S/c1-9(2)8-17-6-5-15-13(16)10-3-4-11(14)12(18)7-10/h3-4,7,18H,1,5-6,8H2,2H3,(H,15,16). The number of rotatable bonds is 6. The van der Waals surface area contributed by atoms with Crippen LogP contribution in [0.2, 0.25) is 0 Å². The molecule has 3 nitrogen and oxygen atoms in total. The Bertz CT molecular complexity index is 449. The molecule has 0 aliphatic rings. The Labute approximate surface area is 111 Å². The number of benzene rings is 1. The van der Waals surface area contributed by atoms with Gasteiger partial charge < -0.3 is 10.1 Å². The molecule has 1 amide bonds. The van der Waals surface area contributed by atoms with Crippen molar-refractivity contribution >= 4 is 18.5 Å². The number of hydrogen-bond donors (Lipinski definition) is 2. The van der Waals surface area contributed by atoms with Gasteiger partial charge in [0.1, 0.15) is 5.82 Å². The first-order chi connectivity index (χ1) is 8.50. The predicted molar refractivity (Wildman–Crippen MR) is 71.6 cm³/mol. The van der Waals surface area contributed by atoms with E-state index in [0.29, 0.717) is 25.3 Å². The molecule has 0 aliphatic heterocycles. The highest BCUT2D eigenvalue weighted by Crippen LogP contribution is 2.13. The molecule has 18 heavy (non-hydrogen) atoms. The van der Waals surface area contributed by atoms with E-state index in [2.05, 4.69) is 24.5 Å². The molecule has 0 atom stereocenters. The van der Waals surface area contributed by atoms with E-state index in [1.807, 2.05) is 6.92 Å². The third kappa shape index (κ3) is 4.89. The van der Waals surface area contributed by atoms with Crippen LogP contribution >= 0.6 is 12.6 Å². The van der Waals surface area contributed by atoms with Gasteiger partial charge in [-0.05, 0) is 25.1 Å². The molecule has 0 aromatic heterocycles. The van der Waals surface area contributed by atoms with E-state index < -0.39 is 5.82 Å². The van der Waals surface area contributed by atoms with Crippen molar-refractivity contribution in [1.82, 2.24) is 5.32 Å². The molecular weight excluding hydrogens is 253 g/mol. The molecule has 0 spiro atoms. The molecular formula is C13H16FNO2S. The van der Waals surface area contributed by atoms with Crippen molar-refractivity contribution in [2.45, 2.75) is 11.8 Å². The van der Waals surface area contributed by atoms with Gasteiger partial charge in [0.15, 0.2) is 0 Å². The topological polar surface area (TPSA) is 38.3 Å². The first kappa shape index (κ1) is 14.7. The first-order valence-electron chi connectivity index (χ1n) is 5.49. The van der Waals surface area contributed by atoms with Crippen LogP contribution in [0, 0.1) is 5.82 Å². The molecule has 98 valence electrons. The van der Waals surface area contributed by atoms with Crippen LogP contribution < -0.4 is 5.32 Å². The summed E-state index contributed by atoms with van der Waals surface area (Å²) in [5.41, 5.74) is 1.31. The van der Waals surface area contributed by atoms with Gasteiger partial charge >= 0.3 is 0 Å². The molecule has 1 rings (SSSR count). The molecule has 5 heteroatoms. The van der Waals surface area contributed by atoms with Crippen LogP contribution in [0.15, 0.2) is 35.2 Å². The fourth-order valence-electron chi connectivity index (χ4n) is 1.24. The SMILES string of the molecule is C=C(C)COCCNC(=O)c1ccc(F)c(S)c1. The quantitative estimate of drug-likeness (QED) is 0.473. The Morgan fingerprint density at radius 1 is 1.56 bits per heavy atom. The number of hydrogen-bond acceptors (Lipinski definition) is 3. The lowest BCUT2D eigenvalue weighted by Crippen LogP contribution is -2.27. The molecule has 0 bridgehead atoms. The number of halogens is 1. The summed E-state index contributed by atoms with van der Waals surface area (Å²) in [4.78, 5) is 11.8. The minimum absolute atomic E-state index is 0.154. The summed E-state index contributed by atoms with van der Waals surface area (Å²) in [5, 5.41) is 2.67. The molecule has 0 heterocycles. The van der Waals surface area contributed by atoms with Crippen molar-refractivity contribution in [3.8, 4) is 0 Å². The summed E-state index contributed by atoms with van der Waals surface area (Å²) in [6.45, 7) is 6.85. The van der Waals surface area contributed by atoms with Gasteiger partial charge in [-0.25, -0.2) is 4.39 Å². The second-order valence-electron chi connectivity index (χ2n) is 3.93. The van der Waals surface area contributed by atoms with Gasteiger partial charge in [-0.3, -0.25) is 4.79 Å². The second kappa shape index (κ2) is 7.18. The normalized spacial score (nSPS) is 10.2. The second-order valence-corrected chi connectivity index (χ2v) is 4.41. The van der Waals surface area contributed by atoms with E-state index in [0.717, 1.165) is 5.57 Å². The highest BCUT2D eigenvalue weighted by molar-refractivity contribution is 7.80. The molecule has 1 N–H and O–H groups in total. The van der Waals surface area contributed by atoms with Crippen molar-refractivity contribution in [1.29, 1.82) is 0 Å². The zero-order chi connectivity index (χ0) is 13.5. The molecule has 0 saturated heterocycles. The van der Waals surface area contributed by atoms with Crippen LogP contribution in [0.25, 0.3) is 0 Å². The summed E-state index contributed by atoms with van der Waals surface area (Å²) >= 11 is 3.92. The molecule has 1 aromatic rings. The van der Waals surface area contributed by atoms with Crippen LogP contribution in [-0.4, -0.2) is 25.7 Å². The van der Waals surface area contributed by atoms with E-state index in [4.69, 9.17) is 4.74 Å². The lowest BCUT2D eigenvalue weighted by Gasteiger charge is -2.07. The number of nitrogens with one attached hydrogen (secondary N) is 1. The van der Waals surface area contributed by atoms with Crippen molar-refractivity contribution in [2.24, 2.45) is 0 Å². The van der Waals surface area contributed by atoms with Gasteiger partial charge in [-0.2, -0.15) is 0 Å². The van der Waals surface area contributed by atoms with Gasteiger partial charge in [0.2, 0.25) is 0 Å². The van der Waals surface area contributed by atoms with E-state index in [9.17, 15) is 9.18 Å². The average Bonchev–Trinajstić information content (AvgIpc) is 2.31. The summed E-state index contributed by atoms with van der Waals surface area (Å²) < 4.78 is 18.2. The highest BCUT2D eigenvalue weighted by Gasteiger charge is 2.07. The minimum atomic E-state index is -0.445. The summed E-state index contributed by atoms with van der Waals surface area (Å²) in [6.07, 6.45) is 0. The number of carbonyl (C=O) groups excluding carboxylic acids is 1. The third-order valence-corrected chi connectivity index (χ3v) is 2.43. The monoisotopic (exact) mass is 269 g/mol. The number of amides is 1. The number of thiol groups is 1. The van der Waals surface area contributed by atoms with Gasteiger partial charge in [-0.1, -0.05) is 12.2 Å². The Kier molecular flexibility index (Phi) is 5.88. The Balaban J connectivity index is 2.36. The van der Waals surface area contributed by atoms with E-state index in [1.54, 1.807) is 0 Å². The average molecular weight is 269 g/mol. The van der Waals surface area contributed by atoms with E-state index in [-0.39, 0.29) is 10.8 Å². The van der Waals surface area contributed by atoms with Crippen LogP contribution in [0.3, 0.4) is 0 Å². The minimum Gasteiger partial charge on any atom is -0.375 e. The van der Waals surface area contributed by atoms with Crippen molar-refractivity contribution in [3.05, 3.63) is 41.7 Å². The maximum Gasteiger partial charge on any atom is 0.251 e. The van der Waals surface area contributed by atoms with Crippen LogP contribution in [0.4, 0.5) is 4.39 Å².